The molecule has 0 bridgehead atoms. The van der Waals surface area contributed by atoms with Gasteiger partial charge in [0.15, 0.2) is 5.54 Å². The third kappa shape index (κ3) is 2.36. The van der Waals surface area contributed by atoms with E-state index >= 15 is 0 Å². The van der Waals surface area contributed by atoms with Crippen molar-refractivity contribution in [1.82, 2.24) is 0 Å². The molecule has 18 heavy (non-hydrogen) atoms. The van der Waals surface area contributed by atoms with Crippen LogP contribution in [0.25, 0.3) is 0 Å². The van der Waals surface area contributed by atoms with Gasteiger partial charge in [0, 0.05) is 17.0 Å². The van der Waals surface area contributed by atoms with Crippen molar-refractivity contribution in [3.8, 4) is 6.07 Å². The first-order chi connectivity index (χ1) is 8.55. The highest BCUT2D eigenvalue weighted by molar-refractivity contribution is 6.30. The van der Waals surface area contributed by atoms with E-state index in [1.54, 1.807) is 31.2 Å². The second-order valence-electron chi connectivity index (χ2n) is 4.25. The van der Waals surface area contributed by atoms with E-state index in [4.69, 9.17) is 21.6 Å². The van der Waals surface area contributed by atoms with Gasteiger partial charge >= 0.3 is 5.97 Å². The fourth-order valence-electron chi connectivity index (χ4n) is 1.66. The molecule has 0 fully saturated rings. The molecule has 5 heteroatoms. The lowest BCUT2D eigenvalue weighted by Gasteiger charge is -2.12. The van der Waals surface area contributed by atoms with Crippen LogP contribution in [0.15, 0.2) is 29.3 Å². The average Bonchev–Trinajstić information content (AvgIpc) is 2.65. The summed E-state index contributed by atoms with van der Waals surface area (Å²) in [6.45, 7) is 1.68. The van der Waals surface area contributed by atoms with E-state index in [9.17, 15) is 4.79 Å². The largest absolute Gasteiger partial charge is 0.405 e. The lowest BCUT2D eigenvalue weighted by atomic mass is 9.98. The molecule has 1 aromatic rings. The molecule has 0 saturated heterocycles. The molecule has 1 aliphatic rings. The minimum absolute atomic E-state index is 0.267. The van der Waals surface area contributed by atoms with Crippen molar-refractivity contribution >= 4 is 23.5 Å². The monoisotopic (exact) mass is 262 g/mol. The van der Waals surface area contributed by atoms with Crippen LogP contribution in [-0.2, 0) is 9.53 Å². The first-order valence-electron chi connectivity index (χ1n) is 5.50. The fraction of sp³-hybridized carbons (Fsp3) is 0.308. The molecule has 1 aromatic carbocycles. The molecule has 0 radical (unpaired) electrons. The van der Waals surface area contributed by atoms with Gasteiger partial charge in [0.25, 0.3) is 0 Å². The lowest BCUT2D eigenvalue weighted by molar-refractivity contribution is -0.138. The topological polar surface area (TPSA) is 62.4 Å². The Hall–Kier alpha value is -1.86. The summed E-state index contributed by atoms with van der Waals surface area (Å²) in [5, 5.41) is 9.18. The van der Waals surface area contributed by atoms with Gasteiger partial charge in [-0.3, -0.25) is 0 Å². The number of nitriles is 1. The zero-order valence-electron chi connectivity index (χ0n) is 9.81. The summed E-state index contributed by atoms with van der Waals surface area (Å²) in [5.41, 5.74) is -0.251. The number of halogens is 1. The number of aliphatic imine (C=N–C) groups is 1. The van der Waals surface area contributed by atoms with E-state index in [2.05, 4.69) is 4.99 Å². The number of carbonyl (C=O) groups is 1. The summed E-state index contributed by atoms with van der Waals surface area (Å²) >= 11 is 5.79. The number of cyclic esters (lactones) is 1. The van der Waals surface area contributed by atoms with Gasteiger partial charge in [0.05, 0.1) is 6.07 Å². The van der Waals surface area contributed by atoms with E-state index < -0.39 is 11.5 Å². The number of carbonyl (C=O) groups excluding carboxylic acids is 1. The minimum atomic E-state index is -0.954. The molecular weight excluding hydrogens is 252 g/mol. The van der Waals surface area contributed by atoms with Crippen molar-refractivity contribution in [3.63, 3.8) is 0 Å². The van der Waals surface area contributed by atoms with Gasteiger partial charge in [-0.25, -0.2) is 9.79 Å². The van der Waals surface area contributed by atoms with Crippen molar-refractivity contribution in [2.45, 2.75) is 25.3 Å². The van der Waals surface area contributed by atoms with Gasteiger partial charge in [-0.05, 0) is 37.6 Å². The molecular formula is C13H11ClN2O2. The van der Waals surface area contributed by atoms with Gasteiger partial charge in [-0.2, -0.15) is 5.26 Å². The summed E-state index contributed by atoms with van der Waals surface area (Å²) in [4.78, 5) is 16.1. The Kier molecular flexibility index (Phi) is 3.35. The Morgan fingerprint density at radius 2 is 2.11 bits per heavy atom. The second kappa shape index (κ2) is 4.79. The van der Waals surface area contributed by atoms with Crippen molar-refractivity contribution < 1.29 is 9.53 Å². The van der Waals surface area contributed by atoms with E-state index in [1.807, 2.05) is 6.07 Å². The standard InChI is InChI=1S/C13H11ClN2O2/c1-13(7-2-8-15)12(17)18-11(16-13)9-3-5-10(14)6-4-9/h3-6H,2,7H2,1H3. The maximum atomic E-state index is 11.8. The molecule has 1 heterocycles. The molecule has 2 rings (SSSR count). The third-order valence-electron chi connectivity index (χ3n) is 2.79. The highest BCUT2D eigenvalue weighted by Gasteiger charge is 2.41. The zero-order valence-corrected chi connectivity index (χ0v) is 10.6. The Labute approximate surface area is 110 Å². The van der Waals surface area contributed by atoms with Gasteiger partial charge in [0.2, 0.25) is 5.90 Å². The first-order valence-corrected chi connectivity index (χ1v) is 5.88. The summed E-state index contributed by atoms with van der Waals surface area (Å²) in [6.07, 6.45) is 0.627. The van der Waals surface area contributed by atoms with Crippen molar-refractivity contribution in [2.24, 2.45) is 4.99 Å². The second-order valence-corrected chi connectivity index (χ2v) is 4.68. The van der Waals surface area contributed by atoms with Crippen LogP contribution in [0.4, 0.5) is 0 Å². The normalized spacial score (nSPS) is 22.3. The van der Waals surface area contributed by atoms with Gasteiger partial charge < -0.3 is 4.74 Å². The molecule has 1 atom stereocenters. The summed E-state index contributed by atoms with van der Waals surface area (Å²) in [5.74, 6) is -0.125. The van der Waals surface area contributed by atoms with Crippen molar-refractivity contribution in [3.05, 3.63) is 34.9 Å². The molecule has 0 aromatic heterocycles. The van der Waals surface area contributed by atoms with Crippen molar-refractivity contribution in [1.29, 1.82) is 5.26 Å². The van der Waals surface area contributed by atoms with Crippen LogP contribution in [0, 0.1) is 11.3 Å². The molecule has 92 valence electrons. The molecule has 1 unspecified atom stereocenters. The maximum absolute atomic E-state index is 11.8. The quantitative estimate of drug-likeness (QED) is 0.787. The minimum Gasteiger partial charge on any atom is -0.405 e. The highest BCUT2D eigenvalue weighted by atomic mass is 35.5. The number of ether oxygens (including phenoxy) is 1. The van der Waals surface area contributed by atoms with E-state index in [0.29, 0.717) is 17.0 Å². The molecule has 0 aliphatic carbocycles. The molecule has 4 nitrogen and oxygen atoms in total. The summed E-state index contributed by atoms with van der Waals surface area (Å²) in [7, 11) is 0. The Morgan fingerprint density at radius 3 is 2.72 bits per heavy atom. The fourth-order valence-corrected chi connectivity index (χ4v) is 1.79. The zero-order chi connectivity index (χ0) is 13.2. The smallest absolute Gasteiger partial charge is 0.340 e. The van der Waals surface area contributed by atoms with Crippen LogP contribution < -0.4 is 0 Å². The van der Waals surface area contributed by atoms with Crippen LogP contribution in [-0.4, -0.2) is 17.4 Å². The summed E-state index contributed by atoms with van der Waals surface area (Å²) in [6, 6.07) is 8.90. The van der Waals surface area contributed by atoms with Gasteiger partial charge in [0.1, 0.15) is 0 Å². The molecule has 1 aliphatic heterocycles. The lowest BCUT2D eigenvalue weighted by Crippen LogP contribution is -2.29. The highest BCUT2D eigenvalue weighted by Crippen LogP contribution is 2.27. The first kappa shape index (κ1) is 12.6. The molecule has 0 amide bonds. The number of hydrogen-bond donors (Lipinski definition) is 0. The van der Waals surface area contributed by atoms with Crippen LogP contribution in [0.1, 0.15) is 25.3 Å². The number of rotatable bonds is 3. The van der Waals surface area contributed by atoms with Crippen LogP contribution >= 0.6 is 11.6 Å². The van der Waals surface area contributed by atoms with E-state index in [0.717, 1.165) is 0 Å². The molecule has 0 spiro atoms. The molecule has 0 N–H and O–H groups in total. The SMILES string of the molecule is CC1(CCC#N)N=C(c2ccc(Cl)cc2)OC1=O. The number of benzene rings is 1. The maximum Gasteiger partial charge on any atom is 0.340 e. The van der Waals surface area contributed by atoms with Crippen LogP contribution in [0.5, 0.6) is 0 Å². The van der Waals surface area contributed by atoms with Crippen molar-refractivity contribution in [2.75, 3.05) is 0 Å². The summed E-state index contributed by atoms with van der Waals surface area (Å²) < 4.78 is 5.16. The Bertz CT molecular complexity index is 545. The molecule has 0 saturated carbocycles. The van der Waals surface area contributed by atoms with Gasteiger partial charge in [-0.1, -0.05) is 11.6 Å². The number of hydrogen-bond acceptors (Lipinski definition) is 4. The van der Waals surface area contributed by atoms with Crippen LogP contribution in [0.2, 0.25) is 5.02 Å². The Morgan fingerprint density at radius 1 is 1.44 bits per heavy atom. The van der Waals surface area contributed by atoms with Crippen LogP contribution in [0.3, 0.4) is 0 Å². The van der Waals surface area contributed by atoms with E-state index in [-0.39, 0.29) is 12.3 Å². The average molecular weight is 263 g/mol. The van der Waals surface area contributed by atoms with E-state index in [1.165, 1.54) is 0 Å². The predicted molar refractivity (Wildman–Crippen MR) is 67.3 cm³/mol. The predicted octanol–water partition coefficient (Wildman–Crippen LogP) is 2.71. The number of nitrogens with zero attached hydrogens (tertiary/aromatic N) is 2. The third-order valence-corrected chi connectivity index (χ3v) is 3.04. The Balaban J connectivity index is 2.26. The number of esters is 1. The van der Waals surface area contributed by atoms with Gasteiger partial charge in [-0.15, -0.1) is 0 Å².